The van der Waals surface area contributed by atoms with Gasteiger partial charge in [-0.2, -0.15) is 5.10 Å². The van der Waals surface area contributed by atoms with Crippen molar-refractivity contribution in [3.63, 3.8) is 0 Å². The van der Waals surface area contributed by atoms with Crippen molar-refractivity contribution in [3.8, 4) is 5.69 Å². The van der Waals surface area contributed by atoms with E-state index in [-0.39, 0.29) is 0 Å². The molecule has 90 valence electrons. The normalized spacial score (nSPS) is 10.4. The molecule has 0 aliphatic heterocycles. The summed E-state index contributed by atoms with van der Waals surface area (Å²) >= 11 is 1.60. The number of anilines is 1. The van der Waals surface area contributed by atoms with Crippen molar-refractivity contribution in [2.75, 3.05) is 5.32 Å². The molecule has 0 bridgehead atoms. The van der Waals surface area contributed by atoms with Crippen LogP contribution in [0.1, 0.15) is 5.56 Å². The Morgan fingerprint density at radius 1 is 1.22 bits per heavy atom. The fourth-order valence-corrected chi connectivity index (χ4v) is 2.19. The summed E-state index contributed by atoms with van der Waals surface area (Å²) in [5.74, 6) is 0. The van der Waals surface area contributed by atoms with Crippen LogP contribution in [0.15, 0.2) is 54.3 Å². The molecular formula is C13H12N4S. The molecular weight excluding hydrogens is 244 g/mol. The Labute approximate surface area is 109 Å². The van der Waals surface area contributed by atoms with E-state index in [0.29, 0.717) is 0 Å². The number of benzene rings is 1. The van der Waals surface area contributed by atoms with E-state index in [1.807, 2.05) is 52.8 Å². The Balaban J connectivity index is 1.70. The molecule has 4 nitrogen and oxygen atoms in total. The van der Waals surface area contributed by atoms with E-state index in [9.17, 15) is 0 Å². The summed E-state index contributed by atoms with van der Waals surface area (Å²) in [7, 11) is 0. The van der Waals surface area contributed by atoms with Crippen molar-refractivity contribution in [2.24, 2.45) is 0 Å². The zero-order chi connectivity index (χ0) is 12.2. The Morgan fingerprint density at radius 3 is 2.89 bits per heavy atom. The van der Waals surface area contributed by atoms with Crippen LogP contribution >= 0.6 is 11.3 Å². The van der Waals surface area contributed by atoms with Gasteiger partial charge in [0.15, 0.2) is 5.13 Å². The summed E-state index contributed by atoms with van der Waals surface area (Å²) in [4.78, 5) is 4.18. The molecule has 0 spiro atoms. The van der Waals surface area contributed by atoms with E-state index in [0.717, 1.165) is 22.9 Å². The molecule has 1 N–H and O–H groups in total. The molecule has 0 radical (unpaired) electrons. The summed E-state index contributed by atoms with van der Waals surface area (Å²) in [6.07, 6.45) is 5.68. The van der Waals surface area contributed by atoms with Crippen molar-refractivity contribution < 1.29 is 0 Å². The highest BCUT2D eigenvalue weighted by Gasteiger charge is 2.01. The number of para-hydroxylation sites is 1. The quantitative estimate of drug-likeness (QED) is 0.780. The number of thiazole rings is 1. The lowest BCUT2D eigenvalue weighted by Crippen LogP contribution is -1.97. The van der Waals surface area contributed by atoms with Crippen LogP contribution in [0.3, 0.4) is 0 Å². The van der Waals surface area contributed by atoms with E-state index < -0.39 is 0 Å². The van der Waals surface area contributed by atoms with Crippen molar-refractivity contribution in [1.29, 1.82) is 0 Å². The van der Waals surface area contributed by atoms with Gasteiger partial charge < -0.3 is 5.32 Å². The number of hydrogen-bond donors (Lipinski definition) is 1. The Morgan fingerprint density at radius 2 is 2.11 bits per heavy atom. The first-order valence-corrected chi connectivity index (χ1v) is 6.52. The first-order chi connectivity index (χ1) is 8.92. The highest BCUT2D eigenvalue weighted by molar-refractivity contribution is 7.13. The maximum Gasteiger partial charge on any atom is 0.182 e. The molecule has 3 rings (SSSR count). The zero-order valence-electron chi connectivity index (χ0n) is 9.65. The maximum atomic E-state index is 4.35. The molecule has 18 heavy (non-hydrogen) atoms. The Hall–Kier alpha value is -2.14. The molecule has 0 unspecified atom stereocenters. The number of rotatable bonds is 4. The summed E-state index contributed by atoms with van der Waals surface area (Å²) in [6, 6.07) is 10.1. The van der Waals surface area contributed by atoms with Crippen molar-refractivity contribution in [1.82, 2.24) is 14.8 Å². The van der Waals surface area contributed by atoms with Crippen LogP contribution in [-0.4, -0.2) is 14.8 Å². The molecule has 0 aliphatic rings. The average molecular weight is 256 g/mol. The Kier molecular flexibility index (Phi) is 3.06. The minimum absolute atomic E-state index is 0.736. The lowest BCUT2D eigenvalue weighted by molar-refractivity contribution is 0.880. The molecule has 0 fully saturated rings. The standard InChI is InChI=1S/C13H12N4S/c1-2-4-12(5-3-1)17-10-11(9-16-17)8-15-13-14-6-7-18-13/h1-7,9-10H,8H2,(H,14,15). The van der Waals surface area contributed by atoms with E-state index in [2.05, 4.69) is 15.4 Å². The van der Waals surface area contributed by atoms with Gasteiger partial charge >= 0.3 is 0 Å². The third-order valence-corrected chi connectivity index (χ3v) is 3.26. The molecule has 0 atom stereocenters. The fourth-order valence-electron chi connectivity index (χ4n) is 1.66. The highest BCUT2D eigenvalue weighted by Crippen LogP contribution is 2.13. The number of aromatic nitrogens is 3. The third-order valence-electron chi connectivity index (χ3n) is 2.53. The van der Waals surface area contributed by atoms with E-state index >= 15 is 0 Å². The second-order valence-electron chi connectivity index (χ2n) is 3.82. The molecule has 3 aromatic rings. The average Bonchev–Trinajstić information content (AvgIpc) is 3.09. The minimum Gasteiger partial charge on any atom is -0.357 e. The molecule has 0 aliphatic carbocycles. The van der Waals surface area contributed by atoms with Crippen molar-refractivity contribution >= 4 is 16.5 Å². The second kappa shape index (κ2) is 5.01. The fraction of sp³-hybridized carbons (Fsp3) is 0.0769. The van der Waals surface area contributed by atoms with Gasteiger partial charge in [0.1, 0.15) is 0 Å². The van der Waals surface area contributed by atoms with Crippen LogP contribution in [0.5, 0.6) is 0 Å². The molecule has 0 saturated heterocycles. The molecule has 2 heterocycles. The second-order valence-corrected chi connectivity index (χ2v) is 4.71. The van der Waals surface area contributed by atoms with Gasteiger partial charge in [-0.25, -0.2) is 9.67 Å². The van der Waals surface area contributed by atoms with Gasteiger partial charge in [-0.1, -0.05) is 18.2 Å². The lowest BCUT2D eigenvalue weighted by Gasteiger charge is -2.00. The monoisotopic (exact) mass is 256 g/mol. The van der Waals surface area contributed by atoms with Crippen LogP contribution in [-0.2, 0) is 6.54 Å². The largest absolute Gasteiger partial charge is 0.357 e. The third kappa shape index (κ3) is 2.41. The first kappa shape index (κ1) is 11.0. The molecule has 5 heteroatoms. The van der Waals surface area contributed by atoms with Gasteiger partial charge in [0.2, 0.25) is 0 Å². The van der Waals surface area contributed by atoms with E-state index in [1.165, 1.54) is 0 Å². The maximum absolute atomic E-state index is 4.35. The Bertz CT molecular complexity index is 601. The first-order valence-electron chi connectivity index (χ1n) is 5.64. The zero-order valence-corrected chi connectivity index (χ0v) is 10.5. The predicted octanol–water partition coefficient (Wildman–Crippen LogP) is 2.94. The van der Waals surface area contributed by atoms with Gasteiger partial charge in [0.25, 0.3) is 0 Å². The van der Waals surface area contributed by atoms with Gasteiger partial charge in [0.05, 0.1) is 11.9 Å². The van der Waals surface area contributed by atoms with Gasteiger partial charge in [0, 0.05) is 29.9 Å². The molecule has 0 amide bonds. The smallest absolute Gasteiger partial charge is 0.182 e. The number of hydrogen-bond acceptors (Lipinski definition) is 4. The van der Waals surface area contributed by atoms with Gasteiger partial charge in [-0.05, 0) is 12.1 Å². The van der Waals surface area contributed by atoms with E-state index in [4.69, 9.17) is 0 Å². The highest BCUT2D eigenvalue weighted by atomic mass is 32.1. The summed E-state index contributed by atoms with van der Waals surface area (Å²) in [5, 5.41) is 10.5. The van der Waals surface area contributed by atoms with Gasteiger partial charge in [-0.15, -0.1) is 11.3 Å². The van der Waals surface area contributed by atoms with E-state index in [1.54, 1.807) is 17.5 Å². The van der Waals surface area contributed by atoms with Crippen LogP contribution in [0, 0.1) is 0 Å². The van der Waals surface area contributed by atoms with Crippen LogP contribution < -0.4 is 5.32 Å². The summed E-state index contributed by atoms with van der Waals surface area (Å²) in [5.41, 5.74) is 2.20. The van der Waals surface area contributed by atoms with Gasteiger partial charge in [-0.3, -0.25) is 0 Å². The minimum atomic E-state index is 0.736. The molecule has 2 aromatic heterocycles. The molecule has 0 saturated carbocycles. The van der Waals surface area contributed by atoms with Crippen LogP contribution in [0.4, 0.5) is 5.13 Å². The van der Waals surface area contributed by atoms with Crippen LogP contribution in [0.25, 0.3) is 5.69 Å². The number of nitrogens with zero attached hydrogens (tertiary/aromatic N) is 3. The topological polar surface area (TPSA) is 42.7 Å². The molecule has 1 aromatic carbocycles. The van der Waals surface area contributed by atoms with Crippen molar-refractivity contribution in [3.05, 3.63) is 59.9 Å². The van der Waals surface area contributed by atoms with Crippen molar-refractivity contribution in [2.45, 2.75) is 6.54 Å². The predicted molar refractivity (Wildman–Crippen MR) is 73.0 cm³/mol. The summed E-state index contributed by atoms with van der Waals surface area (Å²) in [6.45, 7) is 0.736. The number of nitrogens with one attached hydrogen (secondary N) is 1. The lowest BCUT2D eigenvalue weighted by atomic mass is 10.3. The summed E-state index contributed by atoms with van der Waals surface area (Å²) < 4.78 is 1.87. The SMILES string of the molecule is c1ccc(-n2cc(CNc3nccs3)cn2)cc1. The van der Waals surface area contributed by atoms with Crippen LogP contribution in [0.2, 0.25) is 0 Å².